The summed E-state index contributed by atoms with van der Waals surface area (Å²) in [7, 11) is -4.20. The molecule has 0 radical (unpaired) electrons. The number of anilines is 1. The average Bonchev–Trinajstić information content (AvgIpc) is 3.55. The van der Waals surface area contributed by atoms with Crippen LogP contribution in [0.4, 0.5) is 5.69 Å². The Morgan fingerprint density at radius 2 is 1.38 bits per heavy atom. The Labute approximate surface area is 274 Å². The summed E-state index contributed by atoms with van der Waals surface area (Å²) in [5.41, 5.74) is 1.82. The molecule has 0 unspecified atom stereocenters. The Morgan fingerprint density at radius 3 is 2.02 bits per heavy atom. The predicted molar refractivity (Wildman–Crippen MR) is 179 cm³/mol. The maximum Gasteiger partial charge on any atom is 0.264 e. The third-order valence-corrected chi connectivity index (χ3v) is 10.2. The van der Waals surface area contributed by atoms with Crippen molar-refractivity contribution in [3.8, 4) is 0 Å². The number of halogens is 2. The van der Waals surface area contributed by atoms with Crippen LogP contribution in [-0.2, 0) is 32.6 Å². The summed E-state index contributed by atoms with van der Waals surface area (Å²) in [6, 6.07) is 30.0. The van der Waals surface area contributed by atoms with Crippen LogP contribution < -0.4 is 9.62 Å². The van der Waals surface area contributed by atoms with Crippen LogP contribution in [0.3, 0.4) is 0 Å². The first-order valence-corrected chi connectivity index (χ1v) is 17.1. The third-order valence-electron chi connectivity index (χ3n) is 7.92. The largest absolute Gasteiger partial charge is 0.352 e. The van der Waals surface area contributed by atoms with Crippen molar-refractivity contribution in [1.29, 1.82) is 0 Å². The van der Waals surface area contributed by atoms with Gasteiger partial charge in [-0.15, -0.1) is 0 Å². The van der Waals surface area contributed by atoms with Crippen molar-refractivity contribution in [2.24, 2.45) is 0 Å². The first kappa shape index (κ1) is 32.5. The molecule has 1 aliphatic carbocycles. The van der Waals surface area contributed by atoms with E-state index >= 15 is 0 Å². The first-order valence-electron chi connectivity index (χ1n) is 14.9. The van der Waals surface area contributed by atoms with Crippen LogP contribution in [-0.4, -0.2) is 43.8 Å². The van der Waals surface area contributed by atoms with Gasteiger partial charge in [-0.25, -0.2) is 8.42 Å². The summed E-state index contributed by atoms with van der Waals surface area (Å²) < 4.78 is 29.1. The zero-order chi connectivity index (χ0) is 31.8. The van der Waals surface area contributed by atoms with E-state index in [0.29, 0.717) is 15.6 Å². The summed E-state index contributed by atoms with van der Waals surface area (Å²) in [5.74, 6) is -0.821. The Balaban J connectivity index is 1.56. The fourth-order valence-electron chi connectivity index (χ4n) is 5.63. The lowest BCUT2D eigenvalue weighted by Crippen LogP contribution is -2.54. The lowest BCUT2D eigenvalue weighted by molar-refractivity contribution is -0.140. The molecule has 0 heterocycles. The number of nitrogens with one attached hydrogen (secondary N) is 1. The SMILES string of the molecule is O=C(NC1CCCC1)[C@H](Cc1ccccc1)N(Cc1cccc(Cl)c1)C(=O)CN(c1cccc(Cl)c1)S(=O)(=O)c1ccccc1. The Kier molecular flexibility index (Phi) is 10.8. The van der Waals surface area contributed by atoms with Crippen molar-refractivity contribution < 1.29 is 18.0 Å². The van der Waals surface area contributed by atoms with Crippen LogP contribution in [0.5, 0.6) is 0 Å². The number of benzene rings is 4. The molecule has 10 heteroatoms. The van der Waals surface area contributed by atoms with Gasteiger partial charge in [0.1, 0.15) is 12.6 Å². The third kappa shape index (κ3) is 8.45. The van der Waals surface area contributed by atoms with E-state index in [-0.39, 0.29) is 35.5 Å². The summed E-state index contributed by atoms with van der Waals surface area (Å²) in [4.78, 5) is 30.1. The molecule has 1 saturated carbocycles. The van der Waals surface area contributed by atoms with E-state index in [1.807, 2.05) is 36.4 Å². The van der Waals surface area contributed by atoms with Gasteiger partial charge in [0.25, 0.3) is 10.0 Å². The average molecular weight is 665 g/mol. The van der Waals surface area contributed by atoms with Crippen LogP contribution in [0.25, 0.3) is 0 Å². The highest BCUT2D eigenvalue weighted by Crippen LogP contribution is 2.27. The minimum Gasteiger partial charge on any atom is -0.352 e. The molecule has 0 saturated heterocycles. The van der Waals surface area contributed by atoms with E-state index in [2.05, 4.69) is 5.32 Å². The second-order valence-corrected chi connectivity index (χ2v) is 13.9. The fourth-order valence-corrected chi connectivity index (χ4v) is 7.46. The van der Waals surface area contributed by atoms with Crippen LogP contribution in [0, 0.1) is 0 Å². The van der Waals surface area contributed by atoms with Gasteiger partial charge < -0.3 is 10.2 Å². The second kappa shape index (κ2) is 15.0. The molecule has 2 amide bonds. The Hall–Kier alpha value is -3.85. The van der Waals surface area contributed by atoms with Crippen molar-refractivity contribution in [3.63, 3.8) is 0 Å². The molecule has 5 rings (SSSR count). The molecule has 1 atom stereocenters. The van der Waals surface area contributed by atoms with E-state index in [1.54, 1.807) is 54.6 Å². The summed E-state index contributed by atoms with van der Waals surface area (Å²) in [6.45, 7) is -0.510. The summed E-state index contributed by atoms with van der Waals surface area (Å²) in [6.07, 6.45) is 4.07. The number of sulfonamides is 1. The monoisotopic (exact) mass is 663 g/mol. The highest BCUT2D eigenvalue weighted by Gasteiger charge is 2.35. The molecule has 0 bridgehead atoms. The molecule has 234 valence electrons. The van der Waals surface area contributed by atoms with Gasteiger partial charge >= 0.3 is 0 Å². The van der Waals surface area contributed by atoms with E-state index < -0.39 is 28.5 Å². The lowest BCUT2D eigenvalue weighted by Gasteiger charge is -2.34. The van der Waals surface area contributed by atoms with Gasteiger partial charge in [0.15, 0.2) is 0 Å². The number of amides is 2. The number of hydrogen-bond acceptors (Lipinski definition) is 4. The van der Waals surface area contributed by atoms with Crippen molar-refractivity contribution in [2.75, 3.05) is 10.8 Å². The molecular formula is C35H35Cl2N3O4S. The van der Waals surface area contributed by atoms with Crippen LogP contribution in [0.15, 0.2) is 114 Å². The fraction of sp³-hybridized carbons (Fsp3) is 0.257. The standard InChI is InChI=1S/C35H35Cl2N3O4S/c36-28-14-9-13-27(21-28)24-39(33(22-26-11-3-1-4-12-26)35(42)38-30-16-7-8-17-30)34(41)25-40(31-18-10-15-29(37)23-31)45(43,44)32-19-5-2-6-20-32/h1-6,9-15,18-21,23,30,33H,7-8,16-17,22,24-25H2,(H,38,42)/t33-/m0/s1. The Bertz CT molecular complexity index is 1720. The molecule has 1 N–H and O–H groups in total. The molecule has 45 heavy (non-hydrogen) atoms. The van der Waals surface area contributed by atoms with Crippen molar-refractivity contribution in [3.05, 3.63) is 130 Å². The zero-order valence-electron chi connectivity index (χ0n) is 24.7. The molecule has 4 aromatic carbocycles. The molecule has 7 nitrogen and oxygen atoms in total. The van der Waals surface area contributed by atoms with Gasteiger partial charge in [-0.2, -0.15) is 0 Å². The highest BCUT2D eigenvalue weighted by molar-refractivity contribution is 7.92. The molecule has 0 aromatic heterocycles. The van der Waals surface area contributed by atoms with Gasteiger partial charge in [0.2, 0.25) is 11.8 Å². The van der Waals surface area contributed by atoms with Gasteiger partial charge in [0, 0.05) is 29.1 Å². The van der Waals surface area contributed by atoms with Gasteiger partial charge in [-0.1, -0.05) is 103 Å². The molecule has 1 aliphatic rings. The van der Waals surface area contributed by atoms with E-state index in [4.69, 9.17) is 23.2 Å². The van der Waals surface area contributed by atoms with E-state index in [1.165, 1.54) is 23.1 Å². The van der Waals surface area contributed by atoms with Crippen molar-refractivity contribution in [1.82, 2.24) is 10.2 Å². The summed E-state index contributed by atoms with van der Waals surface area (Å²) in [5, 5.41) is 3.98. The minimum absolute atomic E-state index is 0.0268. The molecule has 0 spiro atoms. The first-order chi connectivity index (χ1) is 21.7. The Morgan fingerprint density at radius 1 is 0.778 bits per heavy atom. The predicted octanol–water partition coefficient (Wildman–Crippen LogP) is 6.89. The highest BCUT2D eigenvalue weighted by atomic mass is 35.5. The summed E-state index contributed by atoms with van der Waals surface area (Å²) >= 11 is 12.6. The van der Waals surface area contributed by atoms with E-state index in [9.17, 15) is 18.0 Å². The number of hydrogen-bond donors (Lipinski definition) is 1. The maximum absolute atomic E-state index is 14.5. The number of carbonyl (C=O) groups is 2. The number of nitrogens with zero attached hydrogens (tertiary/aromatic N) is 2. The van der Waals surface area contributed by atoms with Crippen molar-refractivity contribution >= 4 is 50.7 Å². The van der Waals surface area contributed by atoms with Crippen LogP contribution >= 0.6 is 23.2 Å². The lowest BCUT2D eigenvalue weighted by atomic mass is 10.0. The quantitative estimate of drug-likeness (QED) is 0.179. The second-order valence-electron chi connectivity index (χ2n) is 11.2. The van der Waals surface area contributed by atoms with Crippen LogP contribution in [0.1, 0.15) is 36.8 Å². The van der Waals surface area contributed by atoms with Gasteiger partial charge in [-0.05, 0) is 66.4 Å². The number of rotatable bonds is 12. The van der Waals surface area contributed by atoms with E-state index in [0.717, 1.165) is 35.6 Å². The minimum atomic E-state index is -4.20. The normalized spacial score (nSPS) is 14.1. The van der Waals surface area contributed by atoms with Gasteiger partial charge in [0.05, 0.1) is 10.6 Å². The maximum atomic E-state index is 14.5. The topological polar surface area (TPSA) is 86.8 Å². The smallest absolute Gasteiger partial charge is 0.264 e. The molecule has 0 aliphatic heterocycles. The van der Waals surface area contributed by atoms with Crippen molar-refractivity contribution in [2.45, 2.75) is 55.6 Å². The molecule has 4 aromatic rings. The van der Waals surface area contributed by atoms with Crippen LogP contribution in [0.2, 0.25) is 10.0 Å². The molecule has 1 fully saturated rings. The molecular weight excluding hydrogens is 629 g/mol. The van der Waals surface area contributed by atoms with Gasteiger partial charge in [-0.3, -0.25) is 13.9 Å². The number of carbonyl (C=O) groups excluding carboxylic acids is 2. The zero-order valence-corrected chi connectivity index (χ0v) is 27.0.